The average Bonchev–Trinajstić information content (AvgIpc) is 2.67. The molecule has 2 N–H and O–H groups in total. The smallest absolute Gasteiger partial charge is 0.170 e. The highest BCUT2D eigenvalue weighted by molar-refractivity contribution is 5.73. The van der Waals surface area contributed by atoms with Crippen molar-refractivity contribution in [3.63, 3.8) is 0 Å². The molecule has 70 valence electrons. The van der Waals surface area contributed by atoms with E-state index in [-0.39, 0.29) is 5.75 Å². The average molecular weight is 188 g/mol. The third kappa shape index (κ3) is 1.50. The maximum Gasteiger partial charge on any atom is 0.170 e. The number of aromatic nitrogens is 2. The fourth-order valence-corrected chi connectivity index (χ4v) is 1.16. The van der Waals surface area contributed by atoms with Gasteiger partial charge in [-0.05, 0) is 24.3 Å². The van der Waals surface area contributed by atoms with Crippen LogP contribution in [0.25, 0.3) is 11.4 Å². The van der Waals surface area contributed by atoms with Crippen molar-refractivity contribution in [1.82, 2.24) is 9.97 Å². The first kappa shape index (κ1) is 8.50. The summed E-state index contributed by atoms with van der Waals surface area (Å²) in [5.74, 6) is 0.822. The van der Waals surface area contributed by atoms with E-state index in [1.807, 2.05) is 0 Å². The Hall–Kier alpha value is -2.10. The number of rotatable bonds is 2. The molecule has 0 unspecified atom stereocenters. The summed E-state index contributed by atoms with van der Waals surface area (Å²) in [6.07, 6.45) is 2.22. The highest BCUT2D eigenvalue weighted by atomic mass is 16.3. The number of benzene rings is 1. The Kier molecular flexibility index (Phi) is 2.02. The van der Waals surface area contributed by atoms with E-state index in [0.29, 0.717) is 17.8 Å². The first-order valence-electron chi connectivity index (χ1n) is 4.09. The van der Waals surface area contributed by atoms with Crippen molar-refractivity contribution in [3.05, 3.63) is 36.2 Å². The number of aromatic amines is 1. The number of imidazole rings is 1. The van der Waals surface area contributed by atoms with Crippen LogP contribution >= 0.6 is 0 Å². The molecule has 4 heteroatoms. The van der Waals surface area contributed by atoms with Crippen molar-refractivity contribution >= 4 is 6.29 Å². The number of hydrogen-bond acceptors (Lipinski definition) is 3. The van der Waals surface area contributed by atoms with Gasteiger partial charge in [-0.25, -0.2) is 4.98 Å². The van der Waals surface area contributed by atoms with Crippen molar-refractivity contribution in [1.29, 1.82) is 0 Å². The van der Waals surface area contributed by atoms with Gasteiger partial charge in [0, 0.05) is 11.8 Å². The fourth-order valence-electron chi connectivity index (χ4n) is 1.16. The van der Waals surface area contributed by atoms with Gasteiger partial charge in [-0.3, -0.25) is 4.79 Å². The molecule has 0 aliphatic rings. The number of phenolic OH excluding ortho intramolecular Hbond substituents is 1. The number of nitrogens with one attached hydrogen (secondary N) is 1. The van der Waals surface area contributed by atoms with Crippen LogP contribution in [0.15, 0.2) is 30.5 Å². The van der Waals surface area contributed by atoms with Crippen LogP contribution in [-0.2, 0) is 0 Å². The van der Waals surface area contributed by atoms with Gasteiger partial charge in [0.1, 0.15) is 17.3 Å². The lowest BCUT2D eigenvalue weighted by atomic mass is 10.2. The van der Waals surface area contributed by atoms with Crippen molar-refractivity contribution in [3.8, 4) is 17.1 Å². The van der Waals surface area contributed by atoms with E-state index < -0.39 is 0 Å². The predicted molar refractivity (Wildman–Crippen MR) is 51.1 cm³/mol. The standard InChI is InChI=1S/C10H8N2O2/c13-6-8-5-11-10(12-8)7-1-3-9(14)4-2-7/h1-6,14H,(H,11,12). The zero-order valence-electron chi connectivity index (χ0n) is 7.27. The number of aldehydes is 1. The van der Waals surface area contributed by atoms with Crippen LogP contribution in [0.5, 0.6) is 5.75 Å². The summed E-state index contributed by atoms with van der Waals surface area (Å²) < 4.78 is 0. The summed E-state index contributed by atoms with van der Waals surface area (Å²) in [7, 11) is 0. The number of phenols is 1. The molecule has 0 fully saturated rings. The molecule has 1 heterocycles. The van der Waals surface area contributed by atoms with Crippen LogP contribution in [-0.4, -0.2) is 21.4 Å². The molecule has 0 saturated heterocycles. The molecule has 1 aromatic carbocycles. The molecule has 0 bridgehead atoms. The van der Waals surface area contributed by atoms with Gasteiger partial charge in [0.05, 0.1) is 0 Å². The van der Waals surface area contributed by atoms with Crippen molar-refractivity contribution < 1.29 is 9.90 Å². The van der Waals surface area contributed by atoms with Gasteiger partial charge < -0.3 is 10.1 Å². The summed E-state index contributed by atoms with van der Waals surface area (Å²) in [6.45, 7) is 0. The molecule has 2 rings (SSSR count). The molecule has 0 atom stereocenters. The van der Waals surface area contributed by atoms with E-state index >= 15 is 0 Å². The maximum atomic E-state index is 10.4. The summed E-state index contributed by atoms with van der Waals surface area (Å²) in [4.78, 5) is 17.3. The Balaban J connectivity index is 2.39. The van der Waals surface area contributed by atoms with Crippen molar-refractivity contribution in [2.45, 2.75) is 0 Å². The third-order valence-corrected chi connectivity index (χ3v) is 1.86. The largest absolute Gasteiger partial charge is 0.508 e. The highest BCUT2D eigenvalue weighted by Crippen LogP contribution is 2.18. The molecule has 4 nitrogen and oxygen atoms in total. The Morgan fingerprint density at radius 3 is 2.57 bits per heavy atom. The Labute approximate surface area is 80.2 Å². The SMILES string of the molecule is O=Cc1c[nH]c(-c2ccc(O)cc2)n1. The van der Waals surface area contributed by atoms with Gasteiger partial charge in [-0.2, -0.15) is 0 Å². The second-order valence-electron chi connectivity index (χ2n) is 2.84. The molecule has 1 aromatic heterocycles. The van der Waals surface area contributed by atoms with Crippen LogP contribution < -0.4 is 0 Å². The zero-order chi connectivity index (χ0) is 9.97. The second kappa shape index (κ2) is 3.33. The molecule has 0 radical (unpaired) electrons. The third-order valence-electron chi connectivity index (χ3n) is 1.86. The van der Waals surface area contributed by atoms with E-state index in [1.165, 1.54) is 6.20 Å². The van der Waals surface area contributed by atoms with Crippen LogP contribution in [0.1, 0.15) is 10.5 Å². The van der Waals surface area contributed by atoms with E-state index in [9.17, 15) is 4.79 Å². The molecule has 0 aliphatic heterocycles. The number of aromatic hydroxyl groups is 1. The number of H-pyrrole nitrogens is 1. The van der Waals surface area contributed by atoms with Gasteiger partial charge in [-0.15, -0.1) is 0 Å². The van der Waals surface area contributed by atoms with Crippen molar-refractivity contribution in [2.24, 2.45) is 0 Å². The van der Waals surface area contributed by atoms with Gasteiger partial charge in [0.25, 0.3) is 0 Å². The predicted octanol–water partition coefficient (Wildman–Crippen LogP) is 1.59. The Bertz CT molecular complexity index is 445. The molecule has 0 saturated carbocycles. The lowest BCUT2D eigenvalue weighted by molar-refractivity contribution is 0.111. The number of hydrogen-bond donors (Lipinski definition) is 2. The Morgan fingerprint density at radius 1 is 1.29 bits per heavy atom. The number of nitrogens with zero attached hydrogens (tertiary/aromatic N) is 1. The van der Waals surface area contributed by atoms with E-state index in [2.05, 4.69) is 9.97 Å². The first-order valence-corrected chi connectivity index (χ1v) is 4.09. The second-order valence-corrected chi connectivity index (χ2v) is 2.84. The fraction of sp³-hybridized carbons (Fsp3) is 0. The lowest BCUT2D eigenvalue weighted by Crippen LogP contribution is -1.81. The minimum atomic E-state index is 0.205. The molecule has 14 heavy (non-hydrogen) atoms. The van der Waals surface area contributed by atoms with Crippen LogP contribution in [0.2, 0.25) is 0 Å². The number of carbonyl (C=O) groups is 1. The summed E-state index contributed by atoms with van der Waals surface area (Å²) in [6, 6.07) is 6.59. The molecule has 0 amide bonds. The minimum absolute atomic E-state index is 0.205. The molecular formula is C10H8N2O2. The monoisotopic (exact) mass is 188 g/mol. The maximum absolute atomic E-state index is 10.4. The van der Waals surface area contributed by atoms with Gasteiger partial charge in [0.15, 0.2) is 6.29 Å². The molecular weight excluding hydrogens is 180 g/mol. The van der Waals surface area contributed by atoms with E-state index in [1.54, 1.807) is 24.3 Å². The zero-order valence-corrected chi connectivity index (χ0v) is 7.27. The normalized spacial score (nSPS) is 10.0. The summed E-state index contributed by atoms with van der Waals surface area (Å²) in [5, 5.41) is 9.07. The summed E-state index contributed by atoms with van der Waals surface area (Å²) >= 11 is 0. The first-order chi connectivity index (χ1) is 6.79. The topological polar surface area (TPSA) is 66.0 Å². The van der Waals surface area contributed by atoms with Crippen LogP contribution in [0.3, 0.4) is 0 Å². The Morgan fingerprint density at radius 2 is 2.00 bits per heavy atom. The molecule has 0 spiro atoms. The van der Waals surface area contributed by atoms with Crippen molar-refractivity contribution in [2.75, 3.05) is 0 Å². The van der Waals surface area contributed by atoms with Gasteiger partial charge >= 0.3 is 0 Å². The van der Waals surface area contributed by atoms with Crippen LogP contribution in [0.4, 0.5) is 0 Å². The molecule has 0 aliphatic carbocycles. The van der Waals surface area contributed by atoms with Gasteiger partial charge in [-0.1, -0.05) is 0 Å². The summed E-state index contributed by atoms with van der Waals surface area (Å²) in [5.41, 5.74) is 1.20. The molecule has 2 aromatic rings. The van der Waals surface area contributed by atoms with Crippen LogP contribution in [0, 0.1) is 0 Å². The van der Waals surface area contributed by atoms with E-state index in [4.69, 9.17) is 5.11 Å². The lowest BCUT2D eigenvalue weighted by Gasteiger charge is -1.95. The number of carbonyl (C=O) groups excluding carboxylic acids is 1. The van der Waals surface area contributed by atoms with E-state index in [0.717, 1.165) is 5.56 Å². The quantitative estimate of drug-likeness (QED) is 0.703. The highest BCUT2D eigenvalue weighted by Gasteiger charge is 2.02. The minimum Gasteiger partial charge on any atom is -0.508 e. The van der Waals surface area contributed by atoms with Gasteiger partial charge in [0.2, 0.25) is 0 Å².